The van der Waals surface area contributed by atoms with E-state index < -0.39 is 0 Å². The maximum absolute atomic E-state index is 11.8. The van der Waals surface area contributed by atoms with E-state index in [1.54, 1.807) is 0 Å². The molecule has 4 nitrogen and oxygen atoms in total. The molecular formula is C14H31N3O. The van der Waals surface area contributed by atoms with Crippen LogP contribution in [-0.4, -0.2) is 43.5 Å². The molecule has 0 aromatic carbocycles. The summed E-state index contributed by atoms with van der Waals surface area (Å²) in [6, 6.07) is 0.258. The molecule has 0 aliphatic rings. The van der Waals surface area contributed by atoms with Crippen LogP contribution < -0.4 is 11.1 Å². The van der Waals surface area contributed by atoms with E-state index in [0.29, 0.717) is 24.9 Å². The summed E-state index contributed by atoms with van der Waals surface area (Å²) in [5, 5.41) is 2.99. The first-order valence-electron chi connectivity index (χ1n) is 6.74. The third kappa shape index (κ3) is 6.36. The monoisotopic (exact) mass is 257 g/mol. The van der Waals surface area contributed by atoms with Crippen LogP contribution >= 0.6 is 0 Å². The molecule has 0 bridgehead atoms. The Morgan fingerprint density at radius 2 is 1.78 bits per heavy atom. The molecule has 0 saturated heterocycles. The largest absolute Gasteiger partial charge is 0.354 e. The number of nitrogens with zero attached hydrogens (tertiary/aromatic N) is 1. The van der Waals surface area contributed by atoms with E-state index >= 15 is 0 Å². The number of carbonyl (C=O) groups excluding carboxylic acids is 1. The highest BCUT2D eigenvalue weighted by Gasteiger charge is 2.24. The number of nitrogens with two attached hydrogens (primary N) is 1. The molecule has 0 radical (unpaired) electrons. The second-order valence-corrected chi connectivity index (χ2v) is 6.76. The van der Waals surface area contributed by atoms with Gasteiger partial charge < -0.3 is 16.0 Å². The maximum atomic E-state index is 11.8. The van der Waals surface area contributed by atoms with Crippen LogP contribution in [0.2, 0.25) is 0 Å². The van der Waals surface area contributed by atoms with Gasteiger partial charge >= 0.3 is 0 Å². The van der Waals surface area contributed by atoms with Crippen LogP contribution in [0.3, 0.4) is 0 Å². The SMILES string of the molecule is CC(C)C(CNC(=O)CC(N)C(C)(C)C)N(C)C. The van der Waals surface area contributed by atoms with Crippen molar-refractivity contribution in [3.63, 3.8) is 0 Å². The van der Waals surface area contributed by atoms with Crippen LogP contribution in [0.1, 0.15) is 41.0 Å². The molecule has 2 atom stereocenters. The van der Waals surface area contributed by atoms with Crippen LogP contribution in [0.5, 0.6) is 0 Å². The van der Waals surface area contributed by atoms with E-state index in [1.807, 2.05) is 14.1 Å². The Bertz CT molecular complexity index is 248. The lowest BCUT2D eigenvalue weighted by Gasteiger charge is -2.29. The summed E-state index contributed by atoms with van der Waals surface area (Å²) in [6.07, 6.45) is 0.391. The molecule has 0 aromatic rings. The third-order valence-corrected chi connectivity index (χ3v) is 3.46. The van der Waals surface area contributed by atoms with Gasteiger partial charge in [0, 0.05) is 25.0 Å². The Morgan fingerprint density at radius 3 is 2.11 bits per heavy atom. The van der Waals surface area contributed by atoms with Gasteiger partial charge in [-0.2, -0.15) is 0 Å². The van der Waals surface area contributed by atoms with Crippen LogP contribution in [-0.2, 0) is 4.79 Å². The molecule has 0 spiro atoms. The topological polar surface area (TPSA) is 58.4 Å². The average molecular weight is 257 g/mol. The molecule has 0 aliphatic heterocycles. The Labute approximate surface area is 112 Å². The molecule has 0 heterocycles. The third-order valence-electron chi connectivity index (χ3n) is 3.46. The van der Waals surface area contributed by atoms with E-state index in [9.17, 15) is 4.79 Å². The maximum Gasteiger partial charge on any atom is 0.221 e. The van der Waals surface area contributed by atoms with Gasteiger partial charge in [0.25, 0.3) is 0 Å². The molecule has 0 saturated carbocycles. The van der Waals surface area contributed by atoms with Gasteiger partial charge in [-0.25, -0.2) is 0 Å². The number of likely N-dealkylation sites (N-methyl/N-ethyl adjacent to an activating group) is 1. The zero-order chi connectivity index (χ0) is 14.5. The van der Waals surface area contributed by atoms with Crippen molar-refractivity contribution in [3.05, 3.63) is 0 Å². The Morgan fingerprint density at radius 1 is 1.28 bits per heavy atom. The van der Waals surface area contributed by atoms with Crippen molar-refractivity contribution < 1.29 is 4.79 Å². The van der Waals surface area contributed by atoms with Crippen molar-refractivity contribution in [2.45, 2.75) is 53.1 Å². The van der Waals surface area contributed by atoms with Crippen molar-refractivity contribution in [1.82, 2.24) is 10.2 Å². The first-order chi connectivity index (χ1) is 8.05. The molecule has 4 heteroatoms. The second-order valence-electron chi connectivity index (χ2n) is 6.76. The van der Waals surface area contributed by atoms with Crippen LogP contribution in [0.25, 0.3) is 0 Å². The summed E-state index contributed by atoms with van der Waals surface area (Å²) in [4.78, 5) is 14.0. The number of carbonyl (C=O) groups is 1. The van der Waals surface area contributed by atoms with E-state index in [4.69, 9.17) is 5.73 Å². The zero-order valence-corrected chi connectivity index (χ0v) is 13.1. The van der Waals surface area contributed by atoms with Crippen molar-refractivity contribution in [2.24, 2.45) is 17.1 Å². The molecule has 0 fully saturated rings. The fourth-order valence-electron chi connectivity index (χ4n) is 1.81. The molecule has 0 aliphatic carbocycles. The van der Waals surface area contributed by atoms with E-state index in [2.05, 4.69) is 44.8 Å². The Kier molecular flexibility index (Phi) is 6.86. The average Bonchev–Trinajstić information content (AvgIpc) is 2.14. The summed E-state index contributed by atoms with van der Waals surface area (Å²) < 4.78 is 0. The first kappa shape index (κ1) is 17.4. The minimum Gasteiger partial charge on any atom is -0.354 e. The van der Waals surface area contributed by atoms with Crippen molar-refractivity contribution in [1.29, 1.82) is 0 Å². The Hall–Kier alpha value is -0.610. The minimum absolute atomic E-state index is 0.0314. The lowest BCUT2D eigenvalue weighted by atomic mass is 9.85. The van der Waals surface area contributed by atoms with Gasteiger partial charge in [0.05, 0.1) is 0 Å². The minimum atomic E-state index is -0.102. The number of nitrogens with one attached hydrogen (secondary N) is 1. The standard InChI is InChI=1S/C14H31N3O/c1-10(2)11(17(6)7)9-16-13(18)8-12(15)14(3,4)5/h10-12H,8-9,15H2,1-7H3,(H,16,18). The van der Waals surface area contributed by atoms with E-state index in [1.165, 1.54) is 0 Å². The molecule has 0 aromatic heterocycles. The highest BCUT2D eigenvalue weighted by molar-refractivity contribution is 5.76. The van der Waals surface area contributed by atoms with Gasteiger partial charge in [-0.05, 0) is 25.4 Å². The zero-order valence-electron chi connectivity index (χ0n) is 13.1. The predicted octanol–water partition coefficient (Wildman–Crippen LogP) is 1.45. The molecule has 2 unspecified atom stereocenters. The van der Waals surface area contributed by atoms with E-state index in [0.717, 1.165) is 0 Å². The molecular weight excluding hydrogens is 226 g/mol. The summed E-state index contributed by atoms with van der Waals surface area (Å²) in [6.45, 7) is 11.2. The normalized spacial score (nSPS) is 15.9. The van der Waals surface area contributed by atoms with Gasteiger partial charge in [0.1, 0.15) is 0 Å². The fraction of sp³-hybridized carbons (Fsp3) is 0.929. The van der Waals surface area contributed by atoms with E-state index in [-0.39, 0.29) is 17.4 Å². The van der Waals surface area contributed by atoms with Crippen molar-refractivity contribution in [3.8, 4) is 0 Å². The van der Waals surface area contributed by atoms with Gasteiger partial charge in [0.2, 0.25) is 5.91 Å². The number of hydrogen-bond donors (Lipinski definition) is 2. The van der Waals surface area contributed by atoms with Gasteiger partial charge in [-0.3, -0.25) is 4.79 Å². The number of rotatable bonds is 6. The van der Waals surface area contributed by atoms with Crippen LogP contribution in [0, 0.1) is 11.3 Å². The number of hydrogen-bond acceptors (Lipinski definition) is 3. The summed E-state index contributed by atoms with van der Waals surface area (Å²) in [7, 11) is 4.08. The van der Waals surface area contributed by atoms with Gasteiger partial charge in [0.15, 0.2) is 0 Å². The molecule has 0 rings (SSSR count). The summed E-state index contributed by atoms with van der Waals surface area (Å²) in [5.41, 5.74) is 5.97. The van der Waals surface area contributed by atoms with Crippen LogP contribution in [0.15, 0.2) is 0 Å². The smallest absolute Gasteiger partial charge is 0.221 e. The highest BCUT2D eigenvalue weighted by atomic mass is 16.1. The van der Waals surface area contributed by atoms with Crippen molar-refractivity contribution in [2.75, 3.05) is 20.6 Å². The molecule has 108 valence electrons. The lowest BCUT2D eigenvalue weighted by Crippen LogP contribution is -2.45. The molecule has 1 amide bonds. The van der Waals surface area contributed by atoms with Gasteiger partial charge in [-0.1, -0.05) is 34.6 Å². The predicted molar refractivity (Wildman–Crippen MR) is 77.4 cm³/mol. The first-order valence-corrected chi connectivity index (χ1v) is 6.74. The molecule has 18 heavy (non-hydrogen) atoms. The summed E-state index contributed by atoms with van der Waals surface area (Å²) >= 11 is 0. The Balaban J connectivity index is 4.18. The van der Waals surface area contributed by atoms with Crippen molar-refractivity contribution >= 4 is 5.91 Å². The quantitative estimate of drug-likeness (QED) is 0.757. The lowest BCUT2D eigenvalue weighted by molar-refractivity contribution is -0.122. The second kappa shape index (κ2) is 7.10. The fourth-order valence-corrected chi connectivity index (χ4v) is 1.81. The van der Waals surface area contributed by atoms with Gasteiger partial charge in [-0.15, -0.1) is 0 Å². The molecule has 3 N–H and O–H groups in total. The summed E-state index contributed by atoms with van der Waals surface area (Å²) in [5.74, 6) is 0.557. The van der Waals surface area contributed by atoms with Crippen LogP contribution in [0.4, 0.5) is 0 Å². The number of amides is 1. The highest BCUT2D eigenvalue weighted by Crippen LogP contribution is 2.19.